The van der Waals surface area contributed by atoms with E-state index in [0.29, 0.717) is 6.61 Å². The van der Waals surface area contributed by atoms with Crippen LogP contribution in [0.4, 0.5) is 0 Å². The van der Waals surface area contributed by atoms with Gasteiger partial charge in [-0.05, 0) is 61.2 Å². The summed E-state index contributed by atoms with van der Waals surface area (Å²) in [4.78, 5) is 20.6. The van der Waals surface area contributed by atoms with Gasteiger partial charge in [0.05, 0.1) is 0 Å². The average molecular weight is 406 g/mol. The van der Waals surface area contributed by atoms with Crippen LogP contribution in [0, 0.1) is 5.92 Å². The van der Waals surface area contributed by atoms with Crippen molar-refractivity contribution in [3.63, 3.8) is 0 Å². The van der Waals surface area contributed by atoms with Crippen LogP contribution < -0.4 is 4.74 Å². The van der Waals surface area contributed by atoms with Gasteiger partial charge in [-0.15, -0.1) is 0 Å². The lowest BCUT2D eigenvalue weighted by Crippen LogP contribution is -2.20. The van der Waals surface area contributed by atoms with Gasteiger partial charge < -0.3 is 19.8 Å². The van der Waals surface area contributed by atoms with Crippen molar-refractivity contribution in [2.24, 2.45) is 5.92 Å². The minimum atomic E-state index is -1.82. The summed E-state index contributed by atoms with van der Waals surface area (Å²) in [6.45, 7) is 2.79. The lowest BCUT2D eigenvalue weighted by molar-refractivity contribution is -0.159. The number of rotatable bonds is 7. The minimum absolute atomic E-state index is 0.568. The number of aliphatic carboxylic acids is 2. The fourth-order valence-corrected chi connectivity index (χ4v) is 2.68. The van der Waals surface area contributed by atoms with E-state index in [0.717, 1.165) is 28.8 Å². The Labute approximate surface area is 169 Å². The molecule has 2 aromatic rings. The fourth-order valence-electron chi connectivity index (χ4n) is 2.56. The molecule has 150 valence electrons. The molecule has 1 aliphatic rings. The summed E-state index contributed by atoms with van der Waals surface area (Å²) >= 11 is 5.88. The first kappa shape index (κ1) is 21.7. The van der Waals surface area contributed by atoms with Gasteiger partial charge in [0.15, 0.2) is 0 Å². The summed E-state index contributed by atoms with van der Waals surface area (Å²) in [5.74, 6) is -1.81. The zero-order valence-electron chi connectivity index (χ0n) is 15.7. The van der Waals surface area contributed by atoms with Gasteiger partial charge in [0.1, 0.15) is 12.4 Å². The van der Waals surface area contributed by atoms with Gasteiger partial charge in [0.2, 0.25) is 0 Å². The van der Waals surface area contributed by atoms with Gasteiger partial charge >= 0.3 is 11.9 Å². The van der Waals surface area contributed by atoms with Crippen molar-refractivity contribution in [1.29, 1.82) is 0 Å². The van der Waals surface area contributed by atoms with Crippen LogP contribution in [0.25, 0.3) is 0 Å². The second-order valence-electron chi connectivity index (χ2n) is 6.81. The molecule has 0 bridgehead atoms. The van der Waals surface area contributed by atoms with E-state index < -0.39 is 11.9 Å². The number of ether oxygens (including phenoxy) is 1. The molecule has 0 amide bonds. The van der Waals surface area contributed by atoms with Crippen molar-refractivity contribution in [3.8, 4) is 5.75 Å². The Kier molecular flexibility index (Phi) is 8.29. The third-order valence-corrected chi connectivity index (χ3v) is 4.40. The highest BCUT2D eigenvalue weighted by molar-refractivity contribution is 6.30. The molecule has 2 aromatic carbocycles. The number of carboxylic acids is 2. The molecule has 0 aliphatic heterocycles. The zero-order chi connectivity index (χ0) is 20.5. The molecule has 1 fully saturated rings. The second kappa shape index (κ2) is 10.7. The van der Waals surface area contributed by atoms with Gasteiger partial charge in [0.25, 0.3) is 0 Å². The van der Waals surface area contributed by atoms with E-state index >= 15 is 0 Å². The summed E-state index contributed by atoms with van der Waals surface area (Å²) in [5.41, 5.74) is 2.46. The molecule has 1 saturated carbocycles. The predicted molar refractivity (Wildman–Crippen MR) is 107 cm³/mol. The molecule has 2 N–H and O–H groups in total. The van der Waals surface area contributed by atoms with E-state index in [1.165, 1.54) is 24.9 Å². The molecule has 0 unspecified atom stereocenters. The summed E-state index contributed by atoms with van der Waals surface area (Å²) < 4.78 is 5.81. The number of hydrogen-bond acceptors (Lipinski definition) is 4. The molecule has 0 aromatic heterocycles. The first-order valence-corrected chi connectivity index (χ1v) is 9.32. The van der Waals surface area contributed by atoms with Crippen LogP contribution in [0.15, 0.2) is 48.5 Å². The van der Waals surface area contributed by atoms with Gasteiger partial charge in [-0.25, -0.2) is 9.59 Å². The van der Waals surface area contributed by atoms with Crippen molar-refractivity contribution >= 4 is 23.5 Å². The van der Waals surface area contributed by atoms with Crippen molar-refractivity contribution in [1.82, 2.24) is 4.90 Å². The molecule has 0 radical (unpaired) electrons. The molecule has 7 heteroatoms. The van der Waals surface area contributed by atoms with Gasteiger partial charge in [-0.2, -0.15) is 0 Å². The van der Waals surface area contributed by atoms with Crippen LogP contribution in [-0.4, -0.2) is 40.6 Å². The molecule has 1 aliphatic carbocycles. The van der Waals surface area contributed by atoms with E-state index in [1.54, 1.807) is 0 Å². The maximum atomic E-state index is 9.10. The molecular weight excluding hydrogens is 382 g/mol. The Hall–Kier alpha value is -2.57. The Morgan fingerprint density at radius 3 is 2.04 bits per heavy atom. The van der Waals surface area contributed by atoms with Crippen LogP contribution in [0.2, 0.25) is 5.02 Å². The molecule has 0 heterocycles. The Morgan fingerprint density at radius 1 is 1.00 bits per heavy atom. The van der Waals surface area contributed by atoms with Crippen LogP contribution >= 0.6 is 11.6 Å². The second-order valence-corrected chi connectivity index (χ2v) is 7.25. The summed E-state index contributed by atoms with van der Waals surface area (Å²) in [6, 6.07) is 16.2. The number of carboxylic acid groups (broad SMARTS) is 2. The van der Waals surface area contributed by atoms with Crippen LogP contribution in [0.3, 0.4) is 0 Å². The topological polar surface area (TPSA) is 87.1 Å². The van der Waals surface area contributed by atoms with Crippen molar-refractivity contribution in [3.05, 3.63) is 64.7 Å². The SMILES string of the molecule is CN(Cc1ccc(OCc2ccc(Cl)cc2)cc1)CC1CC1.O=C(O)C(=O)O. The Bertz CT molecular complexity index is 760. The van der Waals surface area contributed by atoms with Gasteiger partial charge in [-0.1, -0.05) is 35.9 Å². The third kappa shape index (κ3) is 8.41. The standard InChI is InChI=1S/C19H22ClNO.C2H2O4/c1-21(12-15-2-3-15)13-16-6-10-19(11-7-16)22-14-17-4-8-18(20)9-5-17;3-1(4)2(5)6/h4-11,15H,2-3,12-14H2,1H3;(H,3,4)(H,5,6). The molecule has 28 heavy (non-hydrogen) atoms. The van der Waals surface area contributed by atoms with Gasteiger partial charge in [-0.3, -0.25) is 0 Å². The number of hydrogen-bond donors (Lipinski definition) is 2. The summed E-state index contributed by atoms with van der Waals surface area (Å²) in [6.07, 6.45) is 2.81. The van der Waals surface area contributed by atoms with E-state index in [4.69, 9.17) is 36.1 Å². The van der Waals surface area contributed by atoms with Crippen molar-refractivity contribution in [2.45, 2.75) is 26.0 Å². The highest BCUT2D eigenvalue weighted by Gasteiger charge is 2.22. The highest BCUT2D eigenvalue weighted by atomic mass is 35.5. The third-order valence-electron chi connectivity index (χ3n) is 4.14. The lowest BCUT2D eigenvalue weighted by Gasteiger charge is -2.16. The van der Waals surface area contributed by atoms with E-state index in [2.05, 4.69) is 36.2 Å². The van der Waals surface area contributed by atoms with Crippen LogP contribution in [0.5, 0.6) is 5.75 Å². The molecule has 0 atom stereocenters. The lowest BCUT2D eigenvalue weighted by atomic mass is 10.2. The maximum absolute atomic E-state index is 9.10. The minimum Gasteiger partial charge on any atom is -0.489 e. The Balaban J connectivity index is 0.000000409. The van der Waals surface area contributed by atoms with Crippen molar-refractivity contribution in [2.75, 3.05) is 13.6 Å². The zero-order valence-corrected chi connectivity index (χ0v) is 16.4. The highest BCUT2D eigenvalue weighted by Crippen LogP contribution is 2.29. The first-order chi connectivity index (χ1) is 13.3. The average Bonchev–Trinajstić information content (AvgIpc) is 3.47. The van der Waals surface area contributed by atoms with E-state index in [1.807, 2.05) is 24.3 Å². The largest absolute Gasteiger partial charge is 0.489 e. The molecule has 0 spiro atoms. The van der Waals surface area contributed by atoms with Crippen LogP contribution in [-0.2, 0) is 22.7 Å². The molecule has 6 nitrogen and oxygen atoms in total. The van der Waals surface area contributed by atoms with Gasteiger partial charge in [0, 0.05) is 18.1 Å². The monoisotopic (exact) mass is 405 g/mol. The Morgan fingerprint density at radius 2 is 1.54 bits per heavy atom. The summed E-state index contributed by atoms with van der Waals surface area (Å²) in [5, 5.41) is 15.5. The normalized spacial score (nSPS) is 12.8. The number of nitrogens with zero attached hydrogens (tertiary/aromatic N) is 1. The molecular formula is C21H24ClNO5. The fraction of sp³-hybridized carbons (Fsp3) is 0.333. The molecule has 0 saturated heterocycles. The smallest absolute Gasteiger partial charge is 0.414 e. The number of benzene rings is 2. The number of halogens is 1. The maximum Gasteiger partial charge on any atom is 0.414 e. The van der Waals surface area contributed by atoms with E-state index in [-0.39, 0.29) is 0 Å². The summed E-state index contributed by atoms with van der Waals surface area (Å²) in [7, 11) is 2.20. The van der Waals surface area contributed by atoms with E-state index in [9.17, 15) is 0 Å². The van der Waals surface area contributed by atoms with Crippen molar-refractivity contribution < 1.29 is 24.5 Å². The number of carbonyl (C=O) groups is 2. The first-order valence-electron chi connectivity index (χ1n) is 8.94. The predicted octanol–water partition coefficient (Wildman–Crippen LogP) is 3.92. The van der Waals surface area contributed by atoms with Crippen LogP contribution in [0.1, 0.15) is 24.0 Å². The molecule has 3 rings (SSSR count). The quantitative estimate of drug-likeness (QED) is 0.679.